The fourth-order valence-electron chi connectivity index (χ4n) is 8.31. The normalized spacial score (nSPS) is 32.3. The SMILES string of the molecule is C[Si](C)(C)C1=CC(C23CC4CC(CC(C4)C2CP)C3)=C(C(P)(c2cnccn2)c2cnccn2)C1. The van der Waals surface area contributed by atoms with Crippen molar-refractivity contribution in [3.8, 4) is 0 Å². The van der Waals surface area contributed by atoms with Gasteiger partial charge in [-0.3, -0.25) is 19.9 Å². The standard InChI is InChI=1S/C28H38N4P2Si/c1-35(2,3)21-11-22(27-13-18-8-19(14-27)10-20(9-18)24(27)17-33)23(12-21)28(34,25-15-29-4-6-31-25)26-16-30-5-7-32-26/h4-7,11,15-16,18-20,24H,8-10,12-14,17,33-34H2,1-3H3. The summed E-state index contributed by atoms with van der Waals surface area (Å²) >= 11 is 0. The first-order valence-corrected chi connectivity index (χ1v) is 18.1. The van der Waals surface area contributed by atoms with Crippen molar-refractivity contribution in [3.63, 3.8) is 0 Å². The maximum absolute atomic E-state index is 4.88. The van der Waals surface area contributed by atoms with Crippen LogP contribution in [0, 0.1) is 29.1 Å². The second-order valence-corrected chi connectivity index (χ2v) is 19.1. The van der Waals surface area contributed by atoms with Gasteiger partial charge in [0, 0.05) is 24.8 Å². The average molecular weight is 521 g/mol. The van der Waals surface area contributed by atoms with Gasteiger partial charge in [0.15, 0.2) is 0 Å². The minimum absolute atomic E-state index is 0.277. The van der Waals surface area contributed by atoms with E-state index in [2.05, 4.69) is 54.2 Å². The second-order valence-electron chi connectivity index (χ2n) is 12.6. The summed E-state index contributed by atoms with van der Waals surface area (Å²) in [4.78, 5) is 18.8. The highest BCUT2D eigenvalue weighted by Gasteiger charge is 2.59. The van der Waals surface area contributed by atoms with Gasteiger partial charge in [-0.2, -0.15) is 0 Å². The van der Waals surface area contributed by atoms with Crippen LogP contribution < -0.4 is 0 Å². The van der Waals surface area contributed by atoms with Crippen LogP contribution in [0.15, 0.2) is 59.6 Å². The first-order valence-electron chi connectivity index (χ1n) is 13.2. The summed E-state index contributed by atoms with van der Waals surface area (Å²) in [6, 6.07) is 0. The van der Waals surface area contributed by atoms with Gasteiger partial charge in [0.25, 0.3) is 0 Å². The molecule has 5 aliphatic rings. The topological polar surface area (TPSA) is 51.6 Å². The maximum atomic E-state index is 4.88. The summed E-state index contributed by atoms with van der Waals surface area (Å²) in [5.74, 6) is 3.42. The van der Waals surface area contributed by atoms with Gasteiger partial charge < -0.3 is 0 Å². The lowest BCUT2D eigenvalue weighted by atomic mass is 9.43. The van der Waals surface area contributed by atoms with E-state index >= 15 is 0 Å². The zero-order valence-electron chi connectivity index (χ0n) is 21.2. The molecule has 0 aromatic carbocycles. The minimum atomic E-state index is -1.50. The van der Waals surface area contributed by atoms with Crippen LogP contribution >= 0.6 is 18.5 Å². The number of hydrogen-bond donors (Lipinski definition) is 0. The van der Waals surface area contributed by atoms with Crippen molar-refractivity contribution < 1.29 is 0 Å². The van der Waals surface area contributed by atoms with E-state index in [1.807, 2.05) is 24.8 Å². The highest BCUT2D eigenvalue weighted by Crippen LogP contribution is 2.68. The molecular weight excluding hydrogens is 482 g/mol. The molecule has 35 heavy (non-hydrogen) atoms. The Morgan fingerprint density at radius 1 is 0.943 bits per heavy atom. The third-order valence-corrected chi connectivity index (χ3v) is 13.4. The Morgan fingerprint density at radius 2 is 1.54 bits per heavy atom. The van der Waals surface area contributed by atoms with Gasteiger partial charge in [0.1, 0.15) is 0 Å². The third kappa shape index (κ3) is 3.75. The fourth-order valence-corrected chi connectivity index (χ4v) is 11.0. The van der Waals surface area contributed by atoms with E-state index in [-0.39, 0.29) is 5.41 Å². The molecule has 184 valence electrons. The third-order valence-electron chi connectivity index (χ3n) is 9.70. The van der Waals surface area contributed by atoms with Gasteiger partial charge in [0.2, 0.25) is 0 Å². The molecule has 0 N–H and O–H groups in total. The average Bonchev–Trinajstić information content (AvgIpc) is 3.32. The van der Waals surface area contributed by atoms with Crippen molar-refractivity contribution in [1.82, 2.24) is 19.9 Å². The van der Waals surface area contributed by atoms with Crippen LogP contribution in [-0.4, -0.2) is 34.2 Å². The summed E-state index contributed by atoms with van der Waals surface area (Å²) < 4.78 is 0. The van der Waals surface area contributed by atoms with Crippen molar-refractivity contribution in [3.05, 3.63) is 71.0 Å². The summed E-state index contributed by atoms with van der Waals surface area (Å²) in [7, 11) is 4.85. The molecular formula is C28H38N4P2Si. The lowest BCUT2D eigenvalue weighted by Gasteiger charge is -2.62. The van der Waals surface area contributed by atoms with Gasteiger partial charge in [-0.05, 0) is 84.9 Å². The number of aromatic nitrogens is 4. The number of nitrogens with zero attached hydrogens (tertiary/aromatic N) is 4. The van der Waals surface area contributed by atoms with Crippen molar-refractivity contribution in [2.75, 3.05) is 6.16 Å². The summed E-state index contributed by atoms with van der Waals surface area (Å²) in [6.07, 6.45) is 23.0. The Kier molecular flexibility index (Phi) is 5.94. The lowest BCUT2D eigenvalue weighted by Crippen LogP contribution is -2.54. The van der Waals surface area contributed by atoms with Crippen LogP contribution in [0.4, 0.5) is 0 Å². The molecule has 4 fully saturated rings. The molecule has 7 heteroatoms. The van der Waals surface area contributed by atoms with Crippen LogP contribution in [0.5, 0.6) is 0 Å². The molecule has 4 saturated carbocycles. The second kappa shape index (κ2) is 8.64. The molecule has 5 unspecified atom stereocenters. The molecule has 2 aromatic heterocycles. The summed E-state index contributed by atoms with van der Waals surface area (Å²) in [5, 5.41) is 1.14. The van der Waals surface area contributed by atoms with Crippen LogP contribution in [0.3, 0.4) is 0 Å². The van der Waals surface area contributed by atoms with Gasteiger partial charge >= 0.3 is 0 Å². The van der Waals surface area contributed by atoms with Gasteiger partial charge in [-0.1, -0.05) is 30.9 Å². The molecule has 4 bridgehead atoms. The maximum Gasteiger partial charge on any atom is 0.0933 e. The zero-order valence-corrected chi connectivity index (χ0v) is 24.6. The quantitative estimate of drug-likeness (QED) is 0.336. The zero-order chi connectivity index (χ0) is 24.4. The minimum Gasteiger partial charge on any atom is -0.261 e. The van der Waals surface area contributed by atoms with E-state index in [1.165, 1.54) is 43.8 Å². The molecule has 5 atom stereocenters. The molecule has 0 spiro atoms. The predicted octanol–water partition coefficient (Wildman–Crippen LogP) is 6.21. The first-order chi connectivity index (χ1) is 16.8. The van der Waals surface area contributed by atoms with E-state index < -0.39 is 13.2 Å². The molecule has 2 heterocycles. The van der Waals surface area contributed by atoms with Gasteiger partial charge in [-0.15, -0.1) is 18.5 Å². The van der Waals surface area contributed by atoms with E-state index in [0.29, 0.717) is 0 Å². The summed E-state index contributed by atoms with van der Waals surface area (Å²) in [5.41, 5.74) is 5.31. The first kappa shape index (κ1) is 24.1. The van der Waals surface area contributed by atoms with E-state index in [9.17, 15) is 0 Å². The molecule has 0 saturated heterocycles. The largest absolute Gasteiger partial charge is 0.261 e. The van der Waals surface area contributed by atoms with E-state index in [4.69, 9.17) is 9.97 Å². The lowest BCUT2D eigenvalue weighted by molar-refractivity contribution is -0.0764. The van der Waals surface area contributed by atoms with Crippen LogP contribution in [0.1, 0.15) is 49.9 Å². The molecule has 5 aliphatic carbocycles. The van der Waals surface area contributed by atoms with Crippen LogP contribution in [-0.2, 0) is 5.16 Å². The molecule has 0 amide bonds. The van der Waals surface area contributed by atoms with Crippen molar-refractivity contribution in [2.45, 2.75) is 63.3 Å². The van der Waals surface area contributed by atoms with Crippen molar-refractivity contribution in [2.24, 2.45) is 29.1 Å². The highest BCUT2D eigenvalue weighted by atomic mass is 31.0. The molecule has 4 nitrogen and oxygen atoms in total. The van der Waals surface area contributed by atoms with Crippen LogP contribution in [0.25, 0.3) is 0 Å². The Hall–Kier alpha value is -1.28. The smallest absolute Gasteiger partial charge is 0.0933 e. The Morgan fingerprint density at radius 3 is 2.03 bits per heavy atom. The van der Waals surface area contributed by atoms with E-state index in [0.717, 1.165) is 41.5 Å². The number of rotatable bonds is 6. The Labute approximate surface area is 215 Å². The molecule has 0 aliphatic heterocycles. The Bertz CT molecular complexity index is 1120. The fraction of sp³-hybridized carbons (Fsp3) is 0.571. The Balaban J connectivity index is 1.61. The van der Waals surface area contributed by atoms with Gasteiger partial charge in [-0.25, -0.2) is 0 Å². The molecule has 7 rings (SSSR count). The van der Waals surface area contributed by atoms with Crippen molar-refractivity contribution in [1.29, 1.82) is 0 Å². The summed E-state index contributed by atoms with van der Waals surface area (Å²) in [6.45, 7) is 7.50. The number of hydrogen-bond acceptors (Lipinski definition) is 4. The monoisotopic (exact) mass is 520 g/mol. The van der Waals surface area contributed by atoms with Crippen LogP contribution in [0.2, 0.25) is 19.6 Å². The number of allylic oxidation sites excluding steroid dienone is 4. The van der Waals surface area contributed by atoms with Gasteiger partial charge in [0.05, 0.1) is 37.0 Å². The van der Waals surface area contributed by atoms with Crippen molar-refractivity contribution >= 4 is 26.6 Å². The highest BCUT2D eigenvalue weighted by molar-refractivity contribution is 7.19. The van der Waals surface area contributed by atoms with E-state index in [1.54, 1.807) is 23.2 Å². The molecule has 0 radical (unpaired) electrons. The molecule has 2 aromatic rings. The predicted molar refractivity (Wildman–Crippen MR) is 152 cm³/mol.